The lowest BCUT2D eigenvalue weighted by molar-refractivity contribution is -0.276. The van der Waals surface area contributed by atoms with E-state index < -0.39 is 47.3 Å². The van der Waals surface area contributed by atoms with Crippen molar-refractivity contribution in [2.24, 2.45) is 5.73 Å². The number of pyridine rings is 1. The van der Waals surface area contributed by atoms with E-state index in [1.165, 1.54) is 0 Å². The summed E-state index contributed by atoms with van der Waals surface area (Å²) < 4.78 is 64.8. The first-order chi connectivity index (χ1) is 8.65. The van der Waals surface area contributed by atoms with E-state index in [9.17, 15) is 26.7 Å². The number of ether oxygens (including phenoxy) is 1. The van der Waals surface area contributed by atoms with Crippen molar-refractivity contribution < 1.29 is 31.5 Å². The van der Waals surface area contributed by atoms with E-state index in [-0.39, 0.29) is 0 Å². The predicted octanol–water partition coefficient (Wildman–Crippen LogP) is 2.76. The maximum Gasteiger partial charge on any atom is 0.574 e. The first kappa shape index (κ1) is 15.6. The lowest BCUT2D eigenvalue weighted by Crippen LogP contribution is -2.20. The standard InChI is InChI=1S/C9H6ClF5N2O2/c10-7(18)6-4(2-16)3(8(11)12)1-5(17-6)19-9(13,14)15/h1,8H,2,16H2. The Morgan fingerprint density at radius 1 is 1.47 bits per heavy atom. The van der Waals surface area contributed by atoms with Crippen molar-refractivity contribution in [1.82, 2.24) is 4.98 Å². The van der Waals surface area contributed by atoms with E-state index >= 15 is 0 Å². The van der Waals surface area contributed by atoms with E-state index in [2.05, 4.69) is 9.72 Å². The van der Waals surface area contributed by atoms with Crippen LogP contribution in [0.5, 0.6) is 5.88 Å². The minimum absolute atomic E-state index is 0.365. The first-order valence-electron chi connectivity index (χ1n) is 4.63. The van der Waals surface area contributed by atoms with Crippen LogP contribution < -0.4 is 10.5 Å². The first-order valence-corrected chi connectivity index (χ1v) is 5.01. The summed E-state index contributed by atoms with van der Waals surface area (Å²) in [4.78, 5) is 14.1. The quantitative estimate of drug-likeness (QED) is 0.686. The normalized spacial score (nSPS) is 11.8. The van der Waals surface area contributed by atoms with Gasteiger partial charge in [0, 0.05) is 23.7 Å². The molecule has 0 unspecified atom stereocenters. The van der Waals surface area contributed by atoms with Crippen LogP contribution in [0.2, 0.25) is 0 Å². The number of hydrogen-bond donors (Lipinski definition) is 1. The molecule has 4 nitrogen and oxygen atoms in total. The van der Waals surface area contributed by atoms with Crippen LogP contribution in [-0.4, -0.2) is 16.6 Å². The highest BCUT2D eigenvalue weighted by atomic mass is 35.5. The Morgan fingerprint density at radius 2 is 2.05 bits per heavy atom. The molecule has 1 rings (SSSR count). The molecule has 0 amide bonds. The Hall–Kier alpha value is -1.48. The summed E-state index contributed by atoms with van der Waals surface area (Å²) in [5.74, 6) is -1.20. The van der Waals surface area contributed by atoms with Gasteiger partial charge in [0.25, 0.3) is 11.7 Å². The third kappa shape index (κ3) is 4.00. The van der Waals surface area contributed by atoms with Crippen LogP contribution in [0.25, 0.3) is 0 Å². The van der Waals surface area contributed by atoms with Crippen LogP contribution in [0, 0.1) is 0 Å². The Balaban J connectivity index is 3.41. The van der Waals surface area contributed by atoms with E-state index in [1.807, 2.05) is 0 Å². The van der Waals surface area contributed by atoms with Crippen LogP contribution in [0.1, 0.15) is 28.0 Å². The minimum atomic E-state index is -5.14. The van der Waals surface area contributed by atoms with Gasteiger partial charge in [-0.05, 0) is 11.6 Å². The second-order valence-corrected chi connectivity index (χ2v) is 3.55. The molecule has 0 saturated carbocycles. The van der Waals surface area contributed by atoms with Gasteiger partial charge in [-0.1, -0.05) is 0 Å². The molecule has 0 spiro atoms. The number of nitrogens with zero attached hydrogens (tertiary/aromatic N) is 1. The lowest BCUT2D eigenvalue weighted by Gasteiger charge is -2.14. The molecule has 0 aliphatic carbocycles. The molecule has 0 saturated heterocycles. The van der Waals surface area contributed by atoms with Crippen molar-refractivity contribution in [3.63, 3.8) is 0 Å². The SMILES string of the molecule is NCc1c(C(F)F)cc(OC(F)(F)F)nc1C(=O)Cl. The number of hydrogen-bond acceptors (Lipinski definition) is 4. The summed E-state index contributed by atoms with van der Waals surface area (Å²) in [5.41, 5.74) is 3.05. The monoisotopic (exact) mass is 304 g/mol. The van der Waals surface area contributed by atoms with Crippen molar-refractivity contribution in [3.05, 3.63) is 22.9 Å². The zero-order valence-electron chi connectivity index (χ0n) is 8.97. The van der Waals surface area contributed by atoms with Gasteiger partial charge in [-0.3, -0.25) is 4.79 Å². The number of carbonyl (C=O) groups is 1. The summed E-state index contributed by atoms with van der Waals surface area (Å²) in [6, 6.07) is 0.365. The summed E-state index contributed by atoms with van der Waals surface area (Å²) in [6.07, 6.45) is -8.30. The van der Waals surface area contributed by atoms with E-state index in [0.29, 0.717) is 6.07 Å². The van der Waals surface area contributed by atoms with Crippen molar-refractivity contribution in [2.75, 3.05) is 0 Å². The molecule has 106 valence electrons. The molecule has 0 radical (unpaired) electrons. The largest absolute Gasteiger partial charge is 0.574 e. The van der Waals surface area contributed by atoms with Crippen molar-refractivity contribution in [3.8, 4) is 5.88 Å². The Morgan fingerprint density at radius 3 is 2.42 bits per heavy atom. The summed E-state index contributed by atoms with van der Waals surface area (Å²) in [6.45, 7) is -0.535. The van der Waals surface area contributed by atoms with Crippen molar-refractivity contribution >= 4 is 16.8 Å². The molecule has 0 bridgehead atoms. The van der Waals surface area contributed by atoms with Gasteiger partial charge in [-0.25, -0.2) is 13.8 Å². The molecule has 1 aromatic heterocycles. The molecule has 0 aliphatic rings. The molecule has 0 aliphatic heterocycles. The minimum Gasteiger partial charge on any atom is -0.388 e. The summed E-state index contributed by atoms with van der Waals surface area (Å²) in [7, 11) is 0. The second-order valence-electron chi connectivity index (χ2n) is 3.20. The third-order valence-corrected chi connectivity index (χ3v) is 2.16. The fraction of sp³-hybridized carbons (Fsp3) is 0.333. The van der Waals surface area contributed by atoms with Gasteiger partial charge >= 0.3 is 6.36 Å². The molecular weight excluding hydrogens is 299 g/mol. The molecule has 19 heavy (non-hydrogen) atoms. The van der Waals surface area contributed by atoms with Crippen LogP contribution >= 0.6 is 11.6 Å². The second kappa shape index (κ2) is 5.66. The highest BCUT2D eigenvalue weighted by molar-refractivity contribution is 6.67. The van der Waals surface area contributed by atoms with Gasteiger partial charge in [0.05, 0.1) is 0 Å². The highest BCUT2D eigenvalue weighted by Crippen LogP contribution is 2.31. The van der Waals surface area contributed by atoms with Gasteiger partial charge in [-0.2, -0.15) is 0 Å². The molecular formula is C9H6ClF5N2O2. The van der Waals surface area contributed by atoms with Crippen molar-refractivity contribution in [2.45, 2.75) is 19.3 Å². The third-order valence-electron chi connectivity index (χ3n) is 1.98. The summed E-state index contributed by atoms with van der Waals surface area (Å²) in [5, 5.41) is -1.31. The lowest BCUT2D eigenvalue weighted by atomic mass is 10.1. The average Bonchev–Trinajstić information content (AvgIpc) is 2.25. The van der Waals surface area contributed by atoms with Crippen LogP contribution in [0.4, 0.5) is 22.0 Å². The maximum atomic E-state index is 12.7. The van der Waals surface area contributed by atoms with Crippen LogP contribution in [-0.2, 0) is 6.54 Å². The average molecular weight is 305 g/mol. The Bertz CT molecular complexity index is 492. The fourth-order valence-electron chi connectivity index (χ4n) is 1.31. The molecule has 1 heterocycles. The highest BCUT2D eigenvalue weighted by Gasteiger charge is 2.33. The van der Waals surface area contributed by atoms with Crippen LogP contribution in [0.3, 0.4) is 0 Å². The number of rotatable bonds is 4. The smallest absolute Gasteiger partial charge is 0.388 e. The predicted molar refractivity (Wildman–Crippen MR) is 54.0 cm³/mol. The van der Waals surface area contributed by atoms with E-state index in [4.69, 9.17) is 17.3 Å². The number of alkyl halides is 5. The van der Waals surface area contributed by atoms with Gasteiger partial charge in [-0.15, -0.1) is 13.2 Å². The number of nitrogens with two attached hydrogens (primary N) is 1. The molecule has 0 fully saturated rings. The number of aromatic nitrogens is 1. The number of halogens is 6. The molecule has 2 N–H and O–H groups in total. The van der Waals surface area contributed by atoms with Gasteiger partial charge < -0.3 is 10.5 Å². The zero-order valence-corrected chi connectivity index (χ0v) is 9.73. The molecule has 1 aromatic rings. The van der Waals surface area contributed by atoms with Crippen molar-refractivity contribution in [1.29, 1.82) is 0 Å². The Labute approximate surface area is 108 Å². The van der Waals surface area contributed by atoms with E-state index in [1.54, 1.807) is 0 Å². The van der Waals surface area contributed by atoms with Gasteiger partial charge in [0.15, 0.2) is 0 Å². The maximum absolute atomic E-state index is 12.7. The zero-order chi connectivity index (χ0) is 14.8. The Kier molecular flexibility index (Phi) is 4.64. The van der Waals surface area contributed by atoms with Gasteiger partial charge in [0.2, 0.25) is 5.88 Å². The number of carbonyl (C=O) groups excluding carboxylic acids is 1. The molecule has 0 atom stereocenters. The van der Waals surface area contributed by atoms with E-state index in [0.717, 1.165) is 0 Å². The van der Waals surface area contributed by atoms with Gasteiger partial charge in [0.1, 0.15) is 5.69 Å². The topological polar surface area (TPSA) is 65.2 Å². The molecule has 10 heteroatoms. The fourth-order valence-corrected chi connectivity index (χ4v) is 1.47. The summed E-state index contributed by atoms with van der Waals surface area (Å²) >= 11 is 5.07. The molecule has 0 aromatic carbocycles. The van der Waals surface area contributed by atoms with Crippen LogP contribution in [0.15, 0.2) is 6.07 Å².